The Kier molecular flexibility index (Phi) is 4.01. The molecule has 19 heavy (non-hydrogen) atoms. The van der Waals surface area contributed by atoms with Crippen molar-refractivity contribution in [3.05, 3.63) is 28.8 Å². The minimum Gasteiger partial charge on any atom is -0.397 e. The van der Waals surface area contributed by atoms with Crippen LogP contribution in [0.15, 0.2) is 18.2 Å². The average Bonchev–Trinajstić information content (AvgIpc) is 2.31. The monoisotopic (exact) mass is 302 g/mol. The van der Waals surface area contributed by atoms with E-state index in [0.29, 0.717) is 17.9 Å². The van der Waals surface area contributed by atoms with Gasteiger partial charge in [-0.1, -0.05) is 17.7 Å². The smallest absolute Gasteiger partial charge is 0.253 e. The first-order valence-corrected chi connectivity index (χ1v) is 8.14. The number of hydrogen-bond donors (Lipinski definition) is 2. The number of amides is 1. The van der Waals surface area contributed by atoms with E-state index in [1.54, 1.807) is 18.2 Å². The summed E-state index contributed by atoms with van der Waals surface area (Å²) >= 11 is 5.85. The van der Waals surface area contributed by atoms with Crippen LogP contribution in [0.25, 0.3) is 0 Å². The lowest BCUT2D eigenvalue weighted by molar-refractivity contribution is 0.0939. The number of nitrogens with one attached hydrogen (secondary N) is 1. The maximum absolute atomic E-state index is 12.1. The predicted molar refractivity (Wildman–Crippen MR) is 75.0 cm³/mol. The van der Waals surface area contributed by atoms with Gasteiger partial charge in [0, 0.05) is 6.04 Å². The highest BCUT2D eigenvalue weighted by Gasteiger charge is 2.26. The average molecular weight is 303 g/mol. The van der Waals surface area contributed by atoms with E-state index in [2.05, 4.69) is 5.32 Å². The number of anilines is 1. The summed E-state index contributed by atoms with van der Waals surface area (Å²) in [5.74, 6) is -0.208. The van der Waals surface area contributed by atoms with Gasteiger partial charge in [0.25, 0.3) is 5.91 Å². The third kappa shape index (κ3) is 3.39. The van der Waals surface area contributed by atoms with E-state index < -0.39 is 9.84 Å². The highest BCUT2D eigenvalue weighted by Crippen LogP contribution is 2.22. The molecule has 0 spiro atoms. The van der Waals surface area contributed by atoms with Crippen molar-refractivity contribution in [2.24, 2.45) is 0 Å². The fourth-order valence-corrected chi connectivity index (χ4v) is 3.95. The zero-order chi connectivity index (χ0) is 14.0. The fourth-order valence-electron chi connectivity index (χ4n) is 2.13. The van der Waals surface area contributed by atoms with Gasteiger partial charge >= 0.3 is 0 Å². The quantitative estimate of drug-likeness (QED) is 0.804. The third-order valence-electron chi connectivity index (χ3n) is 3.10. The van der Waals surface area contributed by atoms with Gasteiger partial charge < -0.3 is 11.1 Å². The lowest BCUT2D eigenvalue weighted by atomic mass is 10.1. The molecule has 1 heterocycles. The number of carbonyl (C=O) groups is 1. The van der Waals surface area contributed by atoms with E-state index >= 15 is 0 Å². The van der Waals surface area contributed by atoms with Crippen LogP contribution in [0.2, 0.25) is 5.02 Å². The van der Waals surface area contributed by atoms with Gasteiger partial charge in [0.05, 0.1) is 27.8 Å². The molecule has 1 aliphatic heterocycles. The van der Waals surface area contributed by atoms with Crippen LogP contribution < -0.4 is 11.1 Å². The van der Waals surface area contributed by atoms with Crippen molar-refractivity contribution in [3.8, 4) is 0 Å². The highest BCUT2D eigenvalue weighted by atomic mass is 35.5. The number of halogens is 1. The van der Waals surface area contributed by atoms with Crippen molar-refractivity contribution >= 4 is 33.0 Å². The Morgan fingerprint density at radius 1 is 1.42 bits per heavy atom. The molecular formula is C12H15ClN2O3S. The van der Waals surface area contributed by atoms with Gasteiger partial charge in [-0.3, -0.25) is 4.79 Å². The summed E-state index contributed by atoms with van der Waals surface area (Å²) in [6.45, 7) is 0. The summed E-state index contributed by atoms with van der Waals surface area (Å²) < 4.78 is 23.0. The molecule has 1 aromatic rings. The summed E-state index contributed by atoms with van der Waals surface area (Å²) in [5, 5.41) is 3.01. The number of nitrogen functional groups attached to an aromatic ring is 1. The molecule has 1 amide bonds. The van der Waals surface area contributed by atoms with Gasteiger partial charge in [0.2, 0.25) is 0 Å². The number of sulfone groups is 1. The standard InChI is InChI=1S/C12H15ClN2O3S/c13-10-5-1-4-9(11(10)14)12(16)15-8-3-2-6-19(17,18)7-8/h1,4-5,8H,2-3,6-7,14H2,(H,15,16). The molecule has 0 aliphatic carbocycles. The second-order valence-electron chi connectivity index (χ2n) is 4.63. The minimum atomic E-state index is -3.05. The van der Waals surface area contributed by atoms with Crippen molar-refractivity contribution in [1.29, 1.82) is 0 Å². The molecule has 1 unspecified atom stereocenters. The molecule has 5 nitrogen and oxygen atoms in total. The van der Waals surface area contributed by atoms with Crippen LogP contribution in [0.3, 0.4) is 0 Å². The second-order valence-corrected chi connectivity index (χ2v) is 7.26. The molecule has 2 rings (SSSR count). The van der Waals surface area contributed by atoms with Crippen LogP contribution in [-0.2, 0) is 9.84 Å². The zero-order valence-corrected chi connectivity index (χ0v) is 11.8. The van der Waals surface area contributed by atoms with Crippen molar-refractivity contribution in [1.82, 2.24) is 5.32 Å². The molecule has 1 saturated heterocycles. The molecule has 104 valence electrons. The van der Waals surface area contributed by atoms with Crippen molar-refractivity contribution in [2.45, 2.75) is 18.9 Å². The van der Waals surface area contributed by atoms with Gasteiger partial charge in [-0.25, -0.2) is 8.42 Å². The molecule has 1 aliphatic rings. The summed E-state index contributed by atoms with van der Waals surface area (Å²) in [7, 11) is -3.05. The molecule has 1 aromatic carbocycles. The number of para-hydroxylation sites is 1. The number of nitrogens with two attached hydrogens (primary N) is 1. The topological polar surface area (TPSA) is 89.3 Å². The largest absolute Gasteiger partial charge is 0.397 e. The Bertz CT molecular complexity index is 601. The van der Waals surface area contributed by atoms with Crippen LogP contribution in [0.1, 0.15) is 23.2 Å². The summed E-state index contributed by atoms with van der Waals surface area (Å²) in [4.78, 5) is 12.1. The Labute approximate surface area is 117 Å². The van der Waals surface area contributed by atoms with E-state index in [0.717, 1.165) is 0 Å². The normalized spacial score (nSPS) is 21.8. The molecule has 3 N–H and O–H groups in total. The fraction of sp³-hybridized carbons (Fsp3) is 0.417. The van der Waals surface area contributed by atoms with Gasteiger partial charge in [-0.2, -0.15) is 0 Å². The first-order valence-electron chi connectivity index (χ1n) is 5.94. The number of rotatable bonds is 2. The molecular weight excluding hydrogens is 288 g/mol. The molecule has 0 aromatic heterocycles. The summed E-state index contributed by atoms with van der Waals surface area (Å²) in [6.07, 6.45) is 1.23. The van der Waals surface area contributed by atoms with Crippen LogP contribution in [-0.4, -0.2) is 31.9 Å². The maximum Gasteiger partial charge on any atom is 0.253 e. The Hall–Kier alpha value is -1.27. The van der Waals surface area contributed by atoms with E-state index in [4.69, 9.17) is 17.3 Å². The Morgan fingerprint density at radius 3 is 2.84 bits per heavy atom. The van der Waals surface area contributed by atoms with E-state index in [1.165, 1.54) is 0 Å². The van der Waals surface area contributed by atoms with Crippen molar-refractivity contribution in [3.63, 3.8) is 0 Å². The van der Waals surface area contributed by atoms with E-state index in [1.807, 2.05) is 0 Å². The molecule has 0 radical (unpaired) electrons. The highest BCUT2D eigenvalue weighted by molar-refractivity contribution is 7.91. The Morgan fingerprint density at radius 2 is 2.16 bits per heavy atom. The molecule has 0 saturated carbocycles. The summed E-state index contributed by atoms with van der Waals surface area (Å²) in [5.41, 5.74) is 6.21. The van der Waals surface area contributed by atoms with Gasteiger partial charge in [0.15, 0.2) is 9.84 Å². The SMILES string of the molecule is Nc1c(Cl)cccc1C(=O)NC1CCCS(=O)(=O)C1. The Balaban J connectivity index is 2.11. The van der Waals surface area contributed by atoms with E-state index in [-0.39, 0.29) is 34.7 Å². The summed E-state index contributed by atoms with van der Waals surface area (Å²) in [6, 6.07) is 4.43. The maximum atomic E-state index is 12.1. The minimum absolute atomic E-state index is 0.0147. The molecule has 7 heteroatoms. The van der Waals surface area contributed by atoms with Crippen LogP contribution >= 0.6 is 11.6 Å². The first kappa shape index (κ1) is 14.1. The first-order chi connectivity index (χ1) is 8.89. The number of hydrogen-bond acceptors (Lipinski definition) is 4. The third-order valence-corrected chi connectivity index (χ3v) is 5.25. The number of carbonyl (C=O) groups excluding carboxylic acids is 1. The van der Waals surface area contributed by atoms with Crippen LogP contribution in [0, 0.1) is 0 Å². The lowest BCUT2D eigenvalue weighted by Gasteiger charge is -2.23. The zero-order valence-electron chi connectivity index (χ0n) is 10.2. The van der Waals surface area contributed by atoms with Gasteiger partial charge in [0.1, 0.15) is 0 Å². The number of benzene rings is 1. The lowest BCUT2D eigenvalue weighted by Crippen LogP contribution is -2.43. The van der Waals surface area contributed by atoms with Crippen LogP contribution in [0.5, 0.6) is 0 Å². The second kappa shape index (κ2) is 5.38. The van der Waals surface area contributed by atoms with Crippen LogP contribution in [0.4, 0.5) is 5.69 Å². The molecule has 1 atom stereocenters. The molecule has 1 fully saturated rings. The van der Waals surface area contributed by atoms with Crippen molar-refractivity contribution < 1.29 is 13.2 Å². The van der Waals surface area contributed by atoms with E-state index in [9.17, 15) is 13.2 Å². The predicted octanol–water partition coefficient (Wildman–Crippen LogP) is 1.23. The van der Waals surface area contributed by atoms with Gasteiger partial charge in [-0.05, 0) is 25.0 Å². The molecule has 0 bridgehead atoms. The van der Waals surface area contributed by atoms with Gasteiger partial charge in [-0.15, -0.1) is 0 Å². The van der Waals surface area contributed by atoms with Crippen molar-refractivity contribution in [2.75, 3.05) is 17.2 Å².